The first kappa shape index (κ1) is 17.0. The minimum Gasteiger partial charge on any atom is -0.350 e. The number of anilines is 1. The van der Waals surface area contributed by atoms with Crippen molar-refractivity contribution >= 4 is 29.1 Å². The van der Waals surface area contributed by atoms with Crippen LogP contribution in [0.15, 0.2) is 48.5 Å². The first-order valence-electron chi connectivity index (χ1n) is 7.32. The number of rotatable bonds is 5. The van der Waals surface area contributed by atoms with Crippen LogP contribution in [0.1, 0.15) is 18.1 Å². The number of carbonyl (C=O) groups is 2. The van der Waals surface area contributed by atoms with E-state index in [9.17, 15) is 9.59 Å². The lowest BCUT2D eigenvalue weighted by Gasteiger charge is -2.21. The summed E-state index contributed by atoms with van der Waals surface area (Å²) in [5.74, 6) is -0.468. The molecular weight excluding hydrogens is 312 g/mol. The van der Waals surface area contributed by atoms with Gasteiger partial charge in [0.2, 0.25) is 11.8 Å². The van der Waals surface area contributed by atoms with Crippen molar-refractivity contribution in [1.29, 1.82) is 0 Å². The van der Waals surface area contributed by atoms with Gasteiger partial charge in [0.25, 0.3) is 0 Å². The molecule has 120 valence electrons. The van der Waals surface area contributed by atoms with Crippen molar-refractivity contribution in [2.24, 2.45) is 0 Å². The molecule has 2 aromatic rings. The summed E-state index contributed by atoms with van der Waals surface area (Å²) in [6, 6.07) is 14.9. The normalized spacial score (nSPS) is 10.2. The Morgan fingerprint density at radius 1 is 1.09 bits per heavy atom. The summed E-state index contributed by atoms with van der Waals surface area (Å²) >= 11 is 6.11. The van der Waals surface area contributed by atoms with Crippen LogP contribution in [-0.4, -0.2) is 18.4 Å². The van der Waals surface area contributed by atoms with Gasteiger partial charge < -0.3 is 10.2 Å². The monoisotopic (exact) mass is 330 g/mol. The summed E-state index contributed by atoms with van der Waals surface area (Å²) in [5.41, 5.74) is 2.71. The zero-order chi connectivity index (χ0) is 16.8. The molecule has 0 aliphatic rings. The summed E-state index contributed by atoms with van der Waals surface area (Å²) in [5, 5.41) is 3.26. The number of aryl methyl sites for hydroxylation is 1. The molecule has 0 heterocycles. The van der Waals surface area contributed by atoms with Gasteiger partial charge in [-0.05, 0) is 24.6 Å². The van der Waals surface area contributed by atoms with Crippen LogP contribution in [0.25, 0.3) is 0 Å². The van der Waals surface area contributed by atoms with Gasteiger partial charge in [-0.2, -0.15) is 0 Å². The van der Waals surface area contributed by atoms with E-state index in [0.29, 0.717) is 17.3 Å². The van der Waals surface area contributed by atoms with Crippen LogP contribution >= 0.6 is 11.6 Å². The van der Waals surface area contributed by atoms with Gasteiger partial charge in [-0.3, -0.25) is 9.59 Å². The summed E-state index contributed by atoms with van der Waals surface area (Å²) in [7, 11) is 0. The third kappa shape index (κ3) is 4.83. The van der Waals surface area contributed by atoms with Crippen molar-refractivity contribution in [2.45, 2.75) is 20.4 Å². The summed E-state index contributed by atoms with van der Waals surface area (Å²) in [6.07, 6.45) is 0. The molecule has 0 radical (unpaired) electrons. The average Bonchev–Trinajstić information content (AvgIpc) is 2.52. The average molecular weight is 331 g/mol. The fraction of sp³-hybridized carbons (Fsp3) is 0.222. The predicted molar refractivity (Wildman–Crippen MR) is 92.5 cm³/mol. The second kappa shape index (κ2) is 7.79. The fourth-order valence-electron chi connectivity index (χ4n) is 2.14. The summed E-state index contributed by atoms with van der Waals surface area (Å²) < 4.78 is 0. The Balaban J connectivity index is 2.00. The Morgan fingerprint density at radius 3 is 2.35 bits per heavy atom. The SMILES string of the molecule is CC(=O)N(CC(=O)NCc1ccc(C)cc1)c1ccccc1Cl. The van der Waals surface area contributed by atoms with Gasteiger partial charge >= 0.3 is 0 Å². The van der Waals surface area contributed by atoms with Crippen molar-refractivity contribution in [3.63, 3.8) is 0 Å². The highest BCUT2D eigenvalue weighted by Gasteiger charge is 2.17. The van der Waals surface area contributed by atoms with Gasteiger partial charge in [-0.25, -0.2) is 0 Å². The van der Waals surface area contributed by atoms with Gasteiger partial charge in [-0.1, -0.05) is 53.6 Å². The number of amides is 2. The van der Waals surface area contributed by atoms with Crippen LogP contribution < -0.4 is 10.2 Å². The van der Waals surface area contributed by atoms with E-state index in [1.807, 2.05) is 31.2 Å². The highest BCUT2D eigenvalue weighted by Crippen LogP contribution is 2.25. The van der Waals surface area contributed by atoms with Crippen LogP contribution in [-0.2, 0) is 16.1 Å². The van der Waals surface area contributed by atoms with E-state index in [1.165, 1.54) is 17.4 Å². The maximum absolute atomic E-state index is 12.1. The zero-order valence-electron chi connectivity index (χ0n) is 13.2. The molecule has 0 atom stereocenters. The summed E-state index contributed by atoms with van der Waals surface area (Å²) in [6.45, 7) is 3.78. The van der Waals surface area contributed by atoms with E-state index in [1.54, 1.807) is 24.3 Å². The Morgan fingerprint density at radius 2 is 1.74 bits per heavy atom. The number of halogens is 1. The molecule has 0 spiro atoms. The predicted octanol–water partition coefficient (Wildman–Crippen LogP) is 3.32. The lowest BCUT2D eigenvalue weighted by molar-refractivity contribution is -0.123. The van der Waals surface area contributed by atoms with Gasteiger partial charge in [0, 0.05) is 13.5 Å². The Kier molecular flexibility index (Phi) is 5.77. The molecule has 1 N–H and O–H groups in total. The molecule has 5 heteroatoms. The number of nitrogens with zero attached hydrogens (tertiary/aromatic N) is 1. The molecule has 23 heavy (non-hydrogen) atoms. The maximum atomic E-state index is 12.1. The lowest BCUT2D eigenvalue weighted by Crippen LogP contribution is -2.39. The molecule has 4 nitrogen and oxygen atoms in total. The molecule has 0 aliphatic carbocycles. The Labute approximate surface area is 141 Å². The fourth-order valence-corrected chi connectivity index (χ4v) is 2.38. The number of benzene rings is 2. The first-order valence-corrected chi connectivity index (χ1v) is 7.70. The lowest BCUT2D eigenvalue weighted by atomic mass is 10.1. The third-order valence-electron chi connectivity index (χ3n) is 3.44. The van der Waals surface area contributed by atoms with Gasteiger partial charge in [-0.15, -0.1) is 0 Å². The van der Waals surface area contributed by atoms with Crippen molar-refractivity contribution in [2.75, 3.05) is 11.4 Å². The molecule has 0 saturated heterocycles. The molecule has 0 fully saturated rings. The van der Waals surface area contributed by atoms with E-state index in [4.69, 9.17) is 11.6 Å². The van der Waals surface area contributed by atoms with Gasteiger partial charge in [0.05, 0.1) is 10.7 Å². The Bertz CT molecular complexity index is 698. The first-order chi connectivity index (χ1) is 11.0. The van der Waals surface area contributed by atoms with Crippen LogP contribution in [0.2, 0.25) is 5.02 Å². The van der Waals surface area contributed by atoms with Crippen LogP contribution in [0, 0.1) is 6.92 Å². The van der Waals surface area contributed by atoms with E-state index >= 15 is 0 Å². The molecule has 0 aromatic heterocycles. The number of para-hydroxylation sites is 1. The second-order valence-electron chi connectivity index (χ2n) is 5.32. The van der Waals surface area contributed by atoms with Gasteiger partial charge in [0.15, 0.2) is 0 Å². The van der Waals surface area contributed by atoms with E-state index in [2.05, 4.69) is 5.32 Å². The van der Waals surface area contributed by atoms with Crippen molar-refractivity contribution < 1.29 is 9.59 Å². The molecule has 2 rings (SSSR count). The number of carbonyl (C=O) groups excluding carboxylic acids is 2. The molecular formula is C18H19ClN2O2. The minimum absolute atomic E-state index is 0.0646. The standard InChI is InChI=1S/C18H19ClN2O2/c1-13-7-9-15(10-8-13)11-20-18(23)12-21(14(2)22)17-6-4-3-5-16(17)19/h3-10H,11-12H2,1-2H3,(H,20,23). The van der Waals surface area contributed by atoms with Crippen molar-refractivity contribution in [3.05, 3.63) is 64.7 Å². The molecule has 2 amide bonds. The molecule has 0 unspecified atom stereocenters. The van der Waals surface area contributed by atoms with E-state index < -0.39 is 0 Å². The second-order valence-corrected chi connectivity index (χ2v) is 5.73. The Hall–Kier alpha value is -2.33. The van der Waals surface area contributed by atoms with Gasteiger partial charge in [0.1, 0.15) is 6.54 Å². The molecule has 0 saturated carbocycles. The maximum Gasteiger partial charge on any atom is 0.240 e. The minimum atomic E-state index is -0.235. The van der Waals surface area contributed by atoms with Crippen molar-refractivity contribution in [3.8, 4) is 0 Å². The van der Waals surface area contributed by atoms with Crippen LogP contribution in [0.3, 0.4) is 0 Å². The molecule has 0 aliphatic heterocycles. The number of nitrogens with one attached hydrogen (secondary N) is 1. The quantitative estimate of drug-likeness (QED) is 0.914. The number of hydrogen-bond donors (Lipinski definition) is 1. The van der Waals surface area contributed by atoms with E-state index in [-0.39, 0.29) is 18.4 Å². The highest BCUT2D eigenvalue weighted by molar-refractivity contribution is 6.33. The van der Waals surface area contributed by atoms with Crippen LogP contribution in [0.5, 0.6) is 0 Å². The summed E-state index contributed by atoms with van der Waals surface area (Å²) in [4.78, 5) is 25.3. The smallest absolute Gasteiger partial charge is 0.240 e. The molecule has 0 bridgehead atoms. The molecule has 2 aromatic carbocycles. The van der Waals surface area contributed by atoms with Crippen molar-refractivity contribution in [1.82, 2.24) is 5.32 Å². The van der Waals surface area contributed by atoms with E-state index in [0.717, 1.165) is 5.56 Å². The van der Waals surface area contributed by atoms with Crippen LogP contribution in [0.4, 0.5) is 5.69 Å². The zero-order valence-corrected chi connectivity index (χ0v) is 13.9. The number of hydrogen-bond acceptors (Lipinski definition) is 2. The largest absolute Gasteiger partial charge is 0.350 e. The third-order valence-corrected chi connectivity index (χ3v) is 3.75. The topological polar surface area (TPSA) is 49.4 Å². The highest BCUT2D eigenvalue weighted by atomic mass is 35.5.